The molecule has 3 aliphatic carbocycles. The van der Waals surface area contributed by atoms with E-state index in [2.05, 4.69) is 5.32 Å². The molecule has 11 atom stereocenters. The van der Waals surface area contributed by atoms with Crippen LogP contribution >= 0.6 is 69.6 Å². The first-order chi connectivity index (χ1) is 34.1. The molecule has 2 bridgehead atoms. The molecule has 25 heteroatoms. The van der Waals surface area contributed by atoms with E-state index in [0.29, 0.717) is 0 Å². The number of benzene rings is 2. The van der Waals surface area contributed by atoms with E-state index in [0.717, 1.165) is 6.92 Å². The molecule has 4 aliphatic rings. The number of alkyl halides is 6. The number of rotatable bonds is 12. The molecular weight excluding hydrogens is 1100 g/mol. The first-order valence-electron chi connectivity index (χ1n) is 22.9. The Morgan fingerprint density at radius 2 is 1.38 bits per heavy atom. The van der Waals surface area contributed by atoms with Gasteiger partial charge in [-0.25, -0.2) is 24.0 Å². The summed E-state index contributed by atoms with van der Waals surface area (Å²) in [6, 6.07) is 13.8. The highest BCUT2D eigenvalue weighted by Gasteiger charge is 2.79. The van der Waals surface area contributed by atoms with Crippen molar-refractivity contribution in [1.29, 1.82) is 0 Å². The zero-order valence-corrected chi connectivity index (χ0v) is 45.7. The van der Waals surface area contributed by atoms with E-state index in [4.69, 9.17) is 112 Å². The van der Waals surface area contributed by atoms with Gasteiger partial charge in [-0.1, -0.05) is 132 Å². The highest BCUT2D eigenvalue weighted by atomic mass is 35.6. The number of nitrogens with one attached hydrogen (secondary N) is 1. The van der Waals surface area contributed by atoms with Crippen molar-refractivity contribution in [3.8, 4) is 0 Å². The van der Waals surface area contributed by atoms with Gasteiger partial charge in [-0.3, -0.25) is 9.59 Å². The number of halogens is 6. The third kappa shape index (κ3) is 12.4. The van der Waals surface area contributed by atoms with Crippen LogP contribution in [-0.4, -0.2) is 133 Å². The van der Waals surface area contributed by atoms with Crippen molar-refractivity contribution in [2.45, 2.75) is 135 Å². The molecule has 0 aromatic heterocycles. The summed E-state index contributed by atoms with van der Waals surface area (Å²) in [5.74, 6) is -6.38. The monoisotopic (exact) mass is 1160 g/mol. The molecule has 2 saturated carbocycles. The van der Waals surface area contributed by atoms with E-state index in [-0.39, 0.29) is 22.3 Å². The molecule has 3 fully saturated rings. The number of Topliss-reactive ketones (excluding diaryl/α,β-unsaturated/α-hetero) is 1. The van der Waals surface area contributed by atoms with Gasteiger partial charge in [0.25, 0.3) is 0 Å². The van der Waals surface area contributed by atoms with E-state index in [1.807, 2.05) is 0 Å². The fraction of sp³-hybridized carbons (Fsp3) is 0.571. The summed E-state index contributed by atoms with van der Waals surface area (Å²) >= 11 is 35.4. The van der Waals surface area contributed by atoms with E-state index in [1.165, 1.54) is 64.1 Å². The zero-order chi connectivity index (χ0) is 55.1. The van der Waals surface area contributed by atoms with Gasteiger partial charge in [0, 0.05) is 25.2 Å². The van der Waals surface area contributed by atoms with Gasteiger partial charge in [0.1, 0.15) is 48.8 Å². The predicted molar refractivity (Wildman–Crippen MR) is 265 cm³/mol. The SMILES string of the molecule is CC(=O)O[C@@]12CO[C@@H]1CC(OC(=O)OCC(Cl)(Cl)Cl)[C@@]1(C)C(=O)C(OC(=O)OCC(Cl)(Cl)Cl)C3=C(C)C(OC(=O)C(O)C(NC(=O)OC(C)(C)C)c4ccccc4)C[C@@](O)(C(OC(=O)c4ccccc4)[C@@H]21)C3(C)C. The van der Waals surface area contributed by atoms with Crippen LogP contribution in [0.2, 0.25) is 0 Å². The summed E-state index contributed by atoms with van der Waals surface area (Å²) in [5, 5.41) is 28.4. The zero-order valence-electron chi connectivity index (χ0n) is 41.1. The normalized spacial score (nSPS) is 29.2. The maximum Gasteiger partial charge on any atom is 0.509 e. The van der Waals surface area contributed by atoms with E-state index >= 15 is 4.79 Å². The summed E-state index contributed by atoms with van der Waals surface area (Å²) in [4.78, 5) is 99.4. The van der Waals surface area contributed by atoms with Crippen LogP contribution in [0.25, 0.3) is 0 Å². The molecule has 1 amide bonds. The predicted octanol–water partition coefficient (Wildman–Crippen LogP) is 8.32. The van der Waals surface area contributed by atoms with Crippen LogP contribution < -0.4 is 5.32 Å². The second-order valence-corrected chi connectivity index (χ2v) is 25.1. The van der Waals surface area contributed by atoms with E-state index in [1.54, 1.807) is 45.0 Å². The maximum atomic E-state index is 16.3. The minimum absolute atomic E-state index is 0.0470. The topological polar surface area (TPSA) is 255 Å². The van der Waals surface area contributed by atoms with Crippen molar-refractivity contribution in [1.82, 2.24) is 5.32 Å². The Morgan fingerprint density at radius 3 is 1.89 bits per heavy atom. The number of fused-ring (bicyclic) bond motifs is 5. The molecule has 2 aromatic rings. The number of hydrogen-bond donors (Lipinski definition) is 3. The number of amides is 1. The molecule has 1 saturated heterocycles. The lowest BCUT2D eigenvalue weighted by molar-refractivity contribution is -0.346. The van der Waals surface area contributed by atoms with Crippen LogP contribution in [-0.2, 0) is 57.0 Å². The third-order valence-electron chi connectivity index (χ3n) is 13.7. The number of alkyl carbamates (subject to hydrolysis) is 1. The van der Waals surface area contributed by atoms with Gasteiger partial charge >= 0.3 is 36.3 Å². The van der Waals surface area contributed by atoms with Gasteiger partial charge in [0.05, 0.1) is 29.5 Å². The van der Waals surface area contributed by atoms with Crippen LogP contribution in [0.4, 0.5) is 14.4 Å². The van der Waals surface area contributed by atoms with Gasteiger partial charge in [-0.15, -0.1) is 0 Å². The second-order valence-electron chi connectivity index (χ2n) is 20.1. The summed E-state index contributed by atoms with van der Waals surface area (Å²) in [5.41, 5.74) is -10.2. The highest BCUT2D eigenvalue weighted by molar-refractivity contribution is 6.68. The molecule has 1 heterocycles. The quantitative estimate of drug-likeness (QED) is 0.0781. The number of hydrogen-bond acceptors (Lipinski definition) is 18. The van der Waals surface area contributed by atoms with Gasteiger partial charge in [-0.05, 0) is 63.5 Å². The Morgan fingerprint density at radius 1 is 0.824 bits per heavy atom. The van der Waals surface area contributed by atoms with Gasteiger partial charge in [0.15, 0.2) is 23.6 Å². The number of carbonyl (C=O) groups is 7. The maximum absolute atomic E-state index is 16.3. The molecule has 3 N–H and O–H groups in total. The van der Waals surface area contributed by atoms with Crippen LogP contribution in [0.15, 0.2) is 71.8 Å². The first kappa shape index (κ1) is 58.9. The largest absolute Gasteiger partial charge is 0.509 e. The fourth-order valence-corrected chi connectivity index (χ4v) is 10.7. The number of aliphatic hydroxyl groups is 2. The lowest BCUT2D eigenvalue weighted by atomic mass is 9.44. The standard InChI is InChI=1S/C49H55Cl6NO18/c1-24-28(69-39(61)33(58)32(26-15-11-9-12-16-26)56-40(62)74-43(3,4)5)20-47(65)37(72-38(60)27-17-13-10-14-18-27)35-45(8,36(59)34(31(24)44(47,6)7)71-42(64)68-23-49(53,54)55)29(70-41(63)67-22-48(50,51)52)19-30-46(35,21-66-30)73-25(2)57/h9-18,28-30,32-35,37,58,65H,19-23H2,1-8H3,(H,56,62)/t28?,29?,30-,32?,33?,34?,35-,37?,45-,46+,47-/m1/s1. The highest BCUT2D eigenvalue weighted by Crippen LogP contribution is 2.65. The average Bonchev–Trinajstić information content (AvgIpc) is 3.29. The number of ether oxygens (including phenoxy) is 9. The van der Waals surface area contributed by atoms with E-state index < -0.39 is 159 Å². The number of esters is 3. The molecule has 2 aromatic carbocycles. The van der Waals surface area contributed by atoms with Crippen molar-refractivity contribution in [2.75, 3.05) is 19.8 Å². The lowest BCUT2D eigenvalue weighted by Gasteiger charge is -2.67. The molecule has 19 nitrogen and oxygen atoms in total. The molecular formula is C49H55Cl6NO18. The number of aliphatic hydroxyl groups excluding tert-OH is 1. The van der Waals surface area contributed by atoms with Crippen molar-refractivity contribution in [3.63, 3.8) is 0 Å². The van der Waals surface area contributed by atoms with Gasteiger partial charge < -0.3 is 58.2 Å². The van der Waals surface area contributed by atoms with Crippen LogP contribution in [0, 0.1) is 16.7 Å². The second kappa shape index (κ2) is 22.0. The Bertz CT molecular complexity index is 2510. The minimum atomic E-state index is -2.66. The molecule has 1 aliphatic heterocycles. The van der Waals surface area contributed by atoms with Crippen molar-refractivity contribution in [2.24, 2.45) is 16.7 Å². The number of carbonyl (C=O) groups excluding carboxylic acids is 7. The van der Waals surface area contributed by atoms with Crippen LogP contribution in [0.3, 0.4) is 0 Å². The van der Waals surface area contributed by atoms with Crippen molar-refractivity contribution >= 4 is 112 Å². The summed E-state index contributed by atoms with van der Waals surface area (Å²) in [6.07, 6.45) is -16.6. The molecule has 6 rings (SSSR count). The first-order valence-corrected chi connectivity index (χ1v) is 25.2. The Hall–Kier alpha value is -4.31. The van der Waals surface area contributed by atoms with Crippen molar-refractivity contribution < 1.29 is 86.4 Å². The molecule has 0 radical (unpaired) electrons. The van der Waals surface area contributed by atoms with Crippen molar-refractivity contribution in [3.05, 3.63) is 82.9 Å². The summed E-state index contributed by atoms with van der Waals surface area (Å²) in [6.45, 7) is 9.11. The molecule has 0 spiro atoms. The van der Waals surface area contributed by atoms with Crippen LogP contribution in [0.1, 0.15) is 90.2 Å². The fourth-order valence-electron chi connectivity index (χ4n) is 10.3. The molecule has 6 unspecified atom stereocenters. The average molecular weight is 1160 g/mol. The molecule has 406 valence electrons. The Kier molecular flexibility index (Phi) is 17.5. The van der Waals surface area contributed by atoms with Crippen LogP contribution in [0.5, 0.6) is 0 Å². The number of ketones is 1. The Labute approximate surface area is 455 Å². The summed E-state index contributed by atoms with van der Waals surface area (Å²) in [7, 11) is 0. The summed E-state index contributed by atoms with van der Waals surface area (Å²) < 4.78 is 47.9. The smallest absolute Gasteiger partial charge is 0.456 e. The lowest BCUT2D eigenvalue weighted by Crippen LogP contribution is -2.82. The molecule has 74 heavy (non-hydrogen) atoms. The van der Waals surface area contributed by atoms with Gasteiger partial charge in [0.2, 0.25) is 7.59 Å². The Balaban J connectivity index is 1.61. The third-order valence-corrected chi connectivity index (χ3v) is 14.3. The van der Waals surface area contributed by atoms with Gasteiger partial charge in [-0.2, -0.15) is 0 Å². The minimum Gasteiger partial charge on any atom is -0.456 e. The van der Waals surface area contributed by atoms with E-state index in [9.17, 15) is 39.0 Å².